The Morgan fingerprint density at radius 2 is 1.78 bits per heavy atom. The summed E-state index contributed by atoms with van der Waals surface area (Å²) in [7, 11) is 0. The van der Waals surface area contributed by atoms with Gasteiger partial charge >= 0.3 is 0 Å². The second-order valence-corrected chi connectivity index (χ2v) is 9.08. The maximum Gasteiger partial charge on any atom is 0.268 e. The van der Waals surface area contributed by atoms with E-state index < -0.39 is 0 Å². The van der Waals surface area contributed by atoms with Crippen molar-refractivity contribution in [3.8, 4) is 0 Å². The molecule has 3 aromatic rings. The third-order valence-electron chi connectivity index (χ3n) is 6.10. The van der Waals surface area contributed by atoms with Crippen molar-refractivity contribution in [1.29, 1.82) is 0 Å². The number of carbonyl (C=O) groups excluding carboxylic acids is 2. The number of nitrogens with one attached hydrogen (secondary N) is 1. The van der Waals surface area contributed by atoms with Crippen molar-refractivity contribution in [2.75, 3.05) is 19.6 Å². The van der Waals surface area contributed by atoms with Crippen LogP contribution in [0.25, 0.3) is 5.65 Å². The Morgan fingerprint density at radius 1 is 1.03 bits per heavy atom. The molecule has 0 saturated carbocycles. The maximum absolute atomic E-state index is 13.1. The molecule has 1 atom stereocenters. The van der Waals surface area contributed by atoms with Crippen molar-refractivity contribution in [3.05, 3.63) is 71.7 Å². The first-order valence-corrected chi connectivity index (χ1v) is 11.6. The minimum absolute atomic E-state index is 0.108. The van der Waals surface area contributed by atoms with Gasteiger partial charge in [0.15, 0.2) is 0 Å². The van der Waals surface area contributed by atoms with Crippen molar-refractivity contribution < 1.29 is 9.59 Å². The van der Waals surface area contributed by atoms with Crippen molar-refractivity contribution in [3.63, 3.8) is 0 Å². The van der Waals surface area contributed by atoms with Gasteiger partial charge in [0.1, 0.15) is 11.3 Å². The van der Waals surface area contributed by atoms with Crippen molar-refractivity contribution >= 4 is 17.5 Å². The highest BCUT2D eigenvalue weighted by molar-refractivity contribution is 5.93. The number of hydrogen-bond acceptors (Lipinski definition) is 3. The maximum atomic E-state index is 13.1. The van der Waals surface area contributed by atoms with E-state index in [1.165, 1.54) is 5.56 Å². The number of fused-ring (bicyclic) bond motifs is 1. The lowest BCUT2D eigenvalue weighted by Crippen LogP contribution is -2.30. The zero-order valence-corrected chi connectivity index (χ0v) is 19.0. The van der Waals surface area contributed by atoms with E-state index in [1.807, 2.05) is 41.4 Å². The molecule has 1 fully saturated rings. The molecule has 1 aliphatic rings. The second kappa shape index (κ2) is 9.98. The number of benzene rings is 1. The Hall–Kier alpha value is -3.15. The lowest BCUT2D eigenvalue weighted by atomic mass is 9.90. The largest absolute Gasteiger partial charge is 0.350 e. The number of carbonyl (C=O) groups is 2. The summed E-state index contributed by atoms with van der Waals surface area (Å²) in [6.07, 6.45) is 5.24. The number of aromatic nitrogens is 2. The SMILES string of the molecule is CC(C)CC(CNC(=O)c1cccc2nc(CC(=O)N3CCCC3)cn12)c1ccccc1. The predicted molar refractivity (Wildman–Crippen MR) is 126 cm³/mol. The molecule has 0 bridgehead atoms. The van der Waals surface area contributed by atoms with Crippen LogP contribution in [0.3, 0.4) is 0 Å². The van der Waals surface area contributed by atoms with Crippen LogP contribution in [0.15, 0.2) is 54.7 Å². The van der Waals surface area contributed by atoms with E-state index in [9.17, 15) is 9.59 Å². The summed E-state index contributed by atoms with van der Waals surface area (Å²) in [4.78, 5) is 32.1. The van der Waals surface area contributed by atoms with Gasteiger partial charge < -0.3 is 10.2 Å². The van der Waals surface area contributed by atoms with Gasteiger partial charge in [0.25, 0.3) is 5.91 Å². The molecule has 1 aromatic carbocycles. The van der Waals surface area contributed by atoms with Crippen LogP contribution in [0.2, 0.25) is 0 Å². The van der Waals surface area contributed by atoms with Crippen LogP contribution in [0, 0.1) is 5.92 Å². The van der Waals surface area contributed by atoms with Gasteiger partial charge in [0.2, 0.25) is 5.91 Å². The molecular formula is C26H32N4O2. The smallest absolute Gasteiger partial charge is 0.268 e. The molecule has 1 unspecified atom stereocenters. The molecule has 0 aliphatic carbocycles. The normalized spacial score (nSPS) is 14.8. The van der Waals surface area contributed by atoms with Crippen LogP contribution in [0.5, 0.6) is 0 Å². The van der Waals surface area contributed by atoms with Crippen molar-refractivity contribution in [2.45, 2.75) is 45.4 Å². The first kappa shape index (κ1) is 22.1. The highest BCUT2D eigenvalue weighted by atomic mass is 16.2. The number of rotatable bonds is 8. The summed E-state index contributed by atoms with van der Waals surface area (Å²) in [6, 6.07) is 15.9. The summed E-state index contributed by atoms with van der Waals surface area (Å²) < 4.78 is 1.79. The first-order chi connectivity index (χ1) is 15.5. The van der Waals surface area contributed by atoms with Gasteiger partial charge in [-0.25, -0.2) is 4.98 Å². The summed E-state index contributed by atoms with van der Waals surface area (Å²) in [5.41, 5.74) is 3.16. The van der Waals surface area contributed by atoms with E-state index in [0.29, 0.717) is 29.5 Å². The molecule has 2 aromatic heterocycles. The number of nitrogens with zero attached hydrogens (tertiary/aromatic N) is 3. The first-order valence-electron chi connectivity index (χ1n) is 11.6. The molecule has 1 saturated heterocycles. The van der Waals surface area contributed by atoms with E-state index in [1.54, 1.807) is 10.5 Å². The standard InChI is InChI=1S/C26H32N4O2/c1-19(2)15-21(20-9-4-3-5-10-20)17-27-26(32)23-11-8-12-24-28-22(18-30(23)24)16-25(31)29-13-6-7-14-29/h3-5,8-12,18-19,21H,6-7,13-17H2,1-2H3,(H,27,32). The van der Waals surface area contributed by atoms with Crippen LogP contribution in [0.4, 0.5) is 0 Å². The molecule has 32 heavy (non-hydrogen) atoms. The van der Waals surface area contributed by atoms with Crippen LogP contribution in [-0.4, -0.2) is 45.7 Å². The van der Waals surface area contributed by atoms with Gasteiger partial charge in [-0.1, -0.05) is 50.2 Å². The number of pyridine rings is 1. The molecule has 1 N–H and O–H groups in total. The molecule has 0 radical (unpaired) electrons. The van der Waals surface area contributed by atoms with Gasteiger partial charge in [-0.3, -0.25) is 14.0 Å². The molecule has 6 heteroatoms. The van der Waals surface area contributed by atoms with Gasteiger partial charge in [-0.2, -0.15) is 0 Å². The molecule has 168 valence electrons. The number of imidazole rings is 1. The van der Waals surface area contributed by atoms with E-state index in [0.717, 1.165) is 32.4 Å². The molecular weight excluding hydrogens is 400 g/mol. The van der Waals surface area contributed by atoms with E-state index in [2.05, 4.69) is 36.3 Å². The van der Waals surface area contributed by atoms with Crippen molar-refractivity contribution in [1.82, 2.24) is 19.6 Å². The van der Waals surface area contributed by atoms with Gasteiger partial charge in [-0.15, -0.1) is 0 Å². The zero-order chi connectivity index (χ0) is 22.5. The Bertz CT molecular complexity index is 1070. The molecule has 1 aliphatic heterocycles. The van der Waals surface area contributed by atoms with Crippen LogP contribution < -0.4 is 5.32 Å². The second-order valence-electron chi connectivity index (χ2n) is 9.08. The summed E-state index contributed by atoms with van der Waals surface area (Å²) in [6.45, 7) is 6.65. The fourth-order valence-corrected chi connectivity index (χ4v) is 4.50. The summed E-state index contributed by atoms with van der Waals surface area (Å²) in [5, 5.41) is 3.13. The Balaban J connectivity index is 1.47. The average molecular weight is 433 g/mol. The Morgan fingerprint density at radius 3 is 2.50 bits per heavy atom. The van der Waals surface area contributed by atoms with Crippen LogP contribution >= 0.6 is 0 Å². The lowest BCUT2D eigenvalue weighted by molar-refractivity contribution is -0.129. The number of amides is 2. The molecule has 4 rings (SSSR count). The van der Waals surface area contributed by atoms with Crippen LogP contribution in [-0.2, 0) is 11.2 Å². The molecule has 3 heterocycles. The minimum Gasteiger partial charge on any atom is -0.350 e. The third-order valence-corrected chi connectivity index (χ3v) is 6.10. The van der Waals surface area contributed by atoms with Gasteiger partial charge in [-0.05, 0) is 42.9 Å². The highest BCUT2D eigenvalue weighted by Crippen LogP contribution is 2.23. The average Bonchev–Trinajstić information content (AvgIpc) is 3.46. The van der Waals surface area contributed by atoms with Gasteiger partial charge in [0, 0.05) is 31.7 Å². The van der Waals surface area contributed by atoms with E-state index in [-0.39, 0.29) is 24.2 Å². The molecule has 0 spiro atoms. The third kappa shape index (κ3) is 5.18. The number of likely N-dealkylation sites (tertiary alicyclic amines) is 1. The monoisotopic (exact) mass is 432 g/mol. The number of hydrogen-bond donors (Lipinski definition) is 1. The summed E-state index contributed by atoms with van der Waals surface area (Å²) in [5.74, 6) is 0.770. The molecule has 6 nitrogen and oxygen atoms in total. The highest BCUT2D eigenvalue weighted by Gasteiger charge is 2.21. The minimum atomic E-state index is -0.130. The predicted octanol–water partition coefficient (Wildman–Crippen LogP) is 4.06. The Labute approximate surface area is 189 Å². The summed E-state index contributed by atoms with van der Waals surface area (Å²) >= 11 is 0. The quantitative estimate of drug-likeness (QED) is 0.584. The van der Waals surface area contributed by atoms with E-state index in [4.69, 9.17) is 0 Å². The zero-order valence-electron chi connectivity index (χ0n) is 19.0. The molecule has 2 amide bonds. The van der Waals surface area contributed by atoms with Crippen molar-refractivity contribution in [2.24, 2.45) is 5.92 Å². The fraction of sp³-hybridized carbons (Fsp3) is 0.423. The fourth-order valence-electron chi connectivity index (χ4n) is 4.50. The van der Waals surface area contributed by atoms with Crippen LogP contribution in [0.1, 0.15) is 60.8 Å². The lowest BCUT2D eigenvalue weighted by Gasteiger charge is -2.20. The Kier molecular flexibility index (Phi) is 6.88. The topological polar surface area (TPSA) is 66.7 Å². The van der Waals surface area contributed by atoms with Gasteiger partial charge in [0.05, 0.1) is 12.1 Å². The van der Waals surface area contributed by atoms with E-state index >= 15 is 0 Å².